The van der Waals surface area contributed by atoms with Crippen LogP contribution < -0.4 is 10.7 Å². The summed E-state index contributed by atoms with van der Waals surface area (Å²) in [6.45, 7) is 4.38. The summed E-state index contributed by atoms with van der Waals surface area (Å²) in [7, 11) is 0. The Morgan fingerprint density at radius 1 is 1.12 bits per heavy atom. The number of hydrogen-bond donors (Lipinski definition) is 2. The molecule has 3 aromatic rings. The molecule has 26 heavy (non-hydrogen) atoms. The minimum absolute atomic E-state index is 0.155. The molecule has 0 saturated heterocycles. The number of aryl methyl sites for hydroxylation is 1. The Labute approximate surface area is 151 Å². The van der Waals surface area contributed by atoms with Crippen molar-refractivity contribution >= 4 is 34.6 Å². The van der Waals surface area contributed by atoms with Gasteiger partial charge in [-0.15, -0.1) is 0 Å². The summed E-state index contributed by atoms with van der Waals surface area (Å²) in [4.78, 5) is 23.2. The first-order chi connectivity index (χ1) is 12.6. The SMILES string of the molecule is CCn1cc(/C=N\NC(=O)c2ccc(NC(C)=O)cc2)c2ccccc21. The van der Waals surface area contributed by atoms with Crippen LogP contribution in [0.4, 0.5) is 5.69 Å². The van der Waals surface area contributed by atoms with Gasteiger partial charge < -0.3 is 9.88 Å². The van der Waals surface area contributed by atoms with E-state index in [1.54, 1.807) is 30.5 Å². The fraction of sp³-hybridized carbons (Fsp3) is 0.150. The summed E-state index contributed by atoms with van der Waals surface area (Å²) < 4.78 is 2.14. The quantitative estimate of drug-likeness (QED) is 0.548. The van der Waals surface area contributed by atoms with Crippen molar-refractivity contribution in [3.8, 4) is 0 Å². The monoisotopic (exact) mass is 348 g/mol. The van der Waals surface area contributed by atoms with Gasteiger partial charge in [0.25, 0.3) is 5.91 Å². The number of nitrogens with zero attached hydrogens (tertiary/aromatic N) is 2. The highest BCUT2D eigenvalue weighted by Crippen LogP contribution is 2.19. The molecule has 132 valence electrons. The number of hydrogen-bond acceptors (Lipinski definition) is 3. The molecule has 6 heteroatoms. The molecular formula is C20H20N4O2. The lowest BCUT2D eigenvalue weighted by Crippen LogP contribution is -2.17. The molecule has 0 aliphatic rings. The zero-order valence-corrected chi connectivity index (χ0v) is 14.7. The maximum atomic E-state index is 12.2. The fourth-order valence-corrected chi connectivity index (χ4v) is 2.77. The molecule has 1 heterocycles. The highest BCUT2D eigenvalue weighted by molar-refractivity contribution is 6.00. The predicted octanol–water partition coefficient (Wildman–Crippen LogP) is 3.38. The lowest BCUT2D eigenvalue weighted by atomic mass is 10.2. The average Bonchev–Trinajstić information content (AvgIpc) is 3.00. The van der Waals surface area contributed by atoms with Crippen molar-refractivity contribution in [3.63, 3.8) is 0 Å². The Morgan fingerprint density at radius 2 is 1.85 bits per heavy atom. The Hall–Kier alpha value is -3.41. The molecule has 0 unspecified atom stereocenters. The summed E-state index contributed by atoms with van der Waals surface area (Å²) in [5, 5.41) is 7.83. The van der Waals surface area contributed by atoms with E-state index >= 15 is 0 Å². The molecule has 0 aliphatic carbocycles. The molecule has 2 N–H and O–H groups in total. The van der Waals surface area contributed by atoms with E-state index in [1.165, 1.54) is 6.92 Å². The zero-order valence-electron chi connectivity index (χ0n) is 14.7. The van der Waals surface area contributed by atoms with Gasteiger partial charge in [0.2, 0.25) is 5.91 Å². The third-order valence-electron chi connectivity index (χ3n) is 4.00. The lowest BCUT2D eigenvalue weighted by Gasteiger charge is -2.03. The Balaban J connectivity index is 1.70. The van der Waals surface area contributed by atoms with Crippen molar-refractivity contribution in [2.24, 2.45) is 5.10 Å². The van der Waals surface area contributed by atoms with Crippen molar-refractivity contribution in [1.82, 2.24) is 9.99 Å². The number of carbonyl (C=O) groups excluding carboxylic acids is 2. The Kier molecular flexibility index (Phi) is 5.12. The molecule has 0 bridgehead atoms. The fourth-order valence-electron chi connectivity index (χ4n) is 2.77. The summed E-state index contributed by atoms with van der Waals surface area (Å²) >= 11 is 0. The van der Waals surface area contributed by atoms with E-state index < -0.39 is 0 Å². The molecule has 3 rings (SSSR count). The molecule has 0 saturated carbocycles. The molecule has 0 fully saturated rings. The minimum Gasteiger partial charge on any atom is -0.347 e. The highest BCUT2D eigenvalue weighted by Gasteiger charge is 2.07. The van der Waals surface area contributed by atoms with Crippen LogP contribution >= 0.6 is 0 Å². The van der Waals surface area contributed by atoms with E-state index in [2.05, 4.69) is 33.4 Å². The van der Waals surface area contributed by atoms with Crippen LogP contribution in [-0.4, -0.2) is 22.6 Å². The average molecular weight is 348 g/mol. The maximum absolute atomic E-state index is 12.2. The van der Waals surface area contributed by atoms with Crippen molar-refractivity contribution in [2.45, 2.75) is 20.4 Å². The maximum Gasteiger partial charge on any atom is 0.271 e. The third-order valence-corrected chi connectivity index (χ3v) is 4.00. The van der Waals surface area contributed by atoms with Gasteiger partial charge in [-0.3, -0.25) is 9.59 Å². The number of amides is 2. The number of anilines is 1. The molecule has 0 radical (unpaired) electrons. The summed E-state index contributed by atoms with van der Waals surface area (Å²) in [6.07, 6.45) is 3.67. The second-order valence-corrected chi connectivity index (χ2v) is 5.85. The number of aromatic nitrogens is 1. The molecule has 2 amide bonds. The number of para-hydroxylation sites is 1. The van der Waals surface area contributed by atoms with Crippen molar-refractivity contribution in [3.05, 3.63) is 65.9 Å². The van der Waals surface area contributed by atoms with Crippen LogP contribution in [0.2, 0.25) is 0 Å². The predicted molar refractivity (Wildman–Crippen MR) is 103 cm³/mol. The minimum atomic E-state index is -0.310. The standard InChI is InChI=1S/C20H20N4O2/c1-3-24-13-16(18-6-4-5-7-19(18)24)12-21-23-20(26)15-8-10-17(11-9-15)22-14(2)25/h4-13H,3H2,1-2H3,(H,22,25)(H,23,26)/b21-12-. The summed E-state index contributed by atoms with van der Waals surface area (Å²) in [6, 6.07) is 14.7. The largest absolute Gasteiger partial charge is 0.347 e. The molecular weight excluding hydrogens is 328 g/mol. The molecule has 0 aliphatic heterocycles. The smallest absolute Gasteiger partial charge is 0.271 e. The first-order valence-corrected chi connectivity index (χ1v) is 8.37. The molecule has 1 aromatic heterocycles. The van der Waals surface area contributed by atoms with Crippen LogP contribution in [0.5, 0.6) is 0 Å². The van der Waals surface area contributed by atoms with E-state index in [9.17, 15) is 9.59 Å². The van der Waals surface area contributed by atoms with E-state index in [0.717, 1.165) is 23.0 Å². The van der Waals surface area contributed by atoms with Gasteiger partial charge in [0.05, 0.1) is 6.21 Å². The molecule has 0 spiro atoms. The van der Waals surface area contributed by atoms with Crippen LogP contribution in [0.15, 0.2) is 59.8 Å². The highest BCUT2D eigenvalue weighted by atomic mass is 16.2. The number of rotatable bonds is 5. The number of nitrogens with one attached hydrogen (secondary N) is 2. The van der Waals surface area contributed by atoms with Crippen LogP contribution in [0.25, 0.3) is 10.9 Å². The number of hydrazone groups is 1. The van der Waals surface area contributed by atoms with Gasteiger partial charge in [-0.1, -0.05) is 18.2 Å². The zero-order chi connectivity index (χ0) is 18.5. The van der Waals surface area contributed by atoms with Crippen LogP contribution in [-0.2, 0) is 11.3 Å². The van der Waals surface area contributed by atoms with E-state index in [1.807, 2.05) is 24.4 Å². The summed E-state index contributed by atoms with van der Waals surface area (Å²) in [5.41, 5.74) is 5.73. The van der Waals surface area contributed by atoms with Crippen molar-refractivity contribution in [1.29, 1.82) is 0 Å². The van der Waals surface area contributed by atoms with Crippen LogP contribution in [0.3, 0.4) is 0 Å². The number of benzene rings is 2. The van der Waals surface area contributed by atoms with Gasteiger partial charge in [0.15, 0.2) is 0 Å². The van der Waals surface area contributed by atoms with Gasteiger partial charge in [0.1, 0.15) is 0 Å². The number of fused-ring (bicyclic) bond motifs is 1. The van der Waals surface area contributed by atoms with Gasteiger partial charge in [-0.05, 0) is 37.3 Å². The van der Waals surface area contributed by atoms with Gasteiger partial charge in [-0.2, -0.15) is 5.10 Å². The van der Waals surface area contributed by atoms with Crippen LogP contribution in [0.1, 0.15) is 29.8 Å². The Morgan fingerprint density at radius 3 is 2.54 bits per heavy atom. The first kappa shape index (κ1) is 17.4. The number of carbonyl (C=O) groups is 2. The van der Waals surface area contributed by atoms with Gasteiger partial charge >= 0.3 is 0 Å². The van der Waals surface area contributed by atoms with E-state index in [-0.39, 0.29) is 11.8 Å². The van der Waals surface area contributed by atoms with E-state index in [0.29, 0.717) is 11.3 Å². The molecule has 0 atom stereocenters. The lowest BCUT2D eigenvalue weighted by molar-refractivity contribution is -0.114. The van der Waals surface area contributed by atoms with Crippen LogP contribution in [0, 0.1) is 0 Å². The molecule has 2 aromatic carbocycles. The Bertz CT molecular complexity index is 971. The second kappa shape index (κ2) is 7.65. The van der Waals surface area contributed by atoms with E-state index in [4.69, 9.17) is 0 Å². The van der Waals surface area contributed by atoms with Crippen molar-refractivity contribution < 1.29 is 9.59 Å². The third kappa shape index (κ3) is 3.80. The topological polar surface area (TPSA) is 75.5 Å². The van der Waals surface area contributed by atoms with Crippen molar-refractivity contribution in [2.75, 3.05) is 5.32 Å². The van der Waals surface area contributed by atoms with Gasteiger partial charge in [0, 0.05) is 47.4 Å². The second-order valence-electron chi connectivity index (χ2n) is 5.85. The van der Waals surface area contributed by atoms with Gasteiger partial charge in [-0.25, -0.2) is 5.43 Å². The first-order valence-electron chi connectivity index (χ1n) is 8.37. The molecule has 6 nitrogen and oxygen atoms in total. The summed E-state index contributed by atoms with van der Waals surface area (Å²) in [5.74, 6) is -0.465. The normalized spacial score (nSPS) is 11.0.